The van der Waals surface area contributed by atoms with E-state index in [-0.39, 0.29) is 43.1 Å². The molecule has 0 atom stereocenters. The number of hydrogen-bond donors (Lipinski definition) is 0. The summed E-state index contributed by atoms with van der Waals surface area (Å²) in [5, 5.41) is 0. The summed E-state index contributed by atoms with van der Waals surface area (Å²) in [5.41, 5.74) is 0.870. The zero-order chi connectivity index (χ0) is 39.8. The minimum atomic E-state index is -3.77. The summed E-state index contributed by atoms with van der Waals surface area (Å²) in [7, 11) is -3.77. The lowest BCUT2D eigenvalue weighted by molar-refractivity contribution is -0.0278. The number of carbonyl (C=O) groups is 2. The minimum absolute atomic E-state index is 0.0671. The highest BCUT2D eigenvalue weighted by Gasteiger charge is 2.34. The van der Waals surface area contributed by atoms with Crippen molar-refractivity contribution >= 4 is 21.9 Å². The van der Waals surface area contributed by atoms with E-state index in [1.807, 2.05) is 0 Å². The molecule has 0 saturated heterocycles. The average molecular weight is 816 g/mol. The zero-order valence-electron chi connectivity index (χ0n) is 32.1. The molecule has 1 aliphatic heterocycles. The molecule has 18 heteroatoms. The molecule has 0 radical (unpaired) electrons. The molecule has 0 aliphatic carbocycles. The van der Waals surface area contributed by atoms with E-state index in [4.69, 9.17) is 56.3 Å². The Morgan fingerprint density at radius 1 is 0.357 bits per heavy atom. The van der Waals surface area contributed by atoms with Crippen LogP contribution in [-0.2, 0) is 66.4 Å². The number of amides is 2. The number of nitrogens with zero attached hydrogens (tertiary/aromatic N) is 1. The summed E-state index contributed by atoms with van der Waals surface area (Å²) in [6, 6.07) is 14.8. The standard InChI is InChI=1S/C38H57NO16S/c40-37-35-8-4-5-9-36(35)38(41)39(37)10-11-44-12-13-45-14-15-46-16-17-47-18-19-48-20-21-49-22-23-50-24-25-51-26-27-52-28-29-53-30-31-54-32-33-55-56(42,43)34-6-2-1-3-7-34/h1-9H,10-33H2. The topological polar surface area (TPSA) is 182 Å². The Kier molecular flexibility index (Phi) is 26.3. The van der Waals surface area contributed by atoms with Crippen molar-refractivity contribution in [2.24, 2.45) is 0 Å². The van der Waals surface area contributed by atoms with E-state index >= 15 is 0 Å². The van der Waals surface area contributed by atoms with E-state index in [0.717, 1.165) is 0 Å². The van der Waals surface area contributed by atoms with E-state index in [1.54, 1.807) is 42.5 Å². The average Bonchev–Trinajstić information content (AvgIpc) is 3.45. The van der Waals surface area contributed by atoms with E-state index in [1.165, 1.54) is 17.0 Å². The lowest BCUT2D eigenvalue weighted by Crippen LogP contribution is -2.33. The number of ether oxygens (including phenoxy) is 11. The van der Waals surface area contributed by atoms with Crippen LogP contribution >= 0.6 is 0 Å². The van der Waals surface area contributed by atoms with Crippen LogP contribution in [0.3, 0.4) is 0 Å². The Balaban J connectivity index is 0.914. The minimum Gasteiger partial charge on any atom is -0.377 e. The lowest BCUT2D eigenvalue weighted by atomic mass is 10.1. The van der Waals surface area contributed by atoms with Gasteiger partial charge in [-0.05, 0) is 24.3 Å². The van der Waals surface area contributed by atoms with Crippen molar-refractivity contribution in [1.29, 1.82) is 0 Å². The summed E-state index contributed by atoms with van der Waals surface area (Å²) in [4.78, 5) is 26.0. The number of imide groups is 1. The predicted octanol–water partition coefficient (Wildman–Crippen LogP) is 1.87. The molecule has 2 amide bonds. The van der Waals surface area contributed by atoms with Gasteiger partial charge in [-0.3, -0.25) is 18.7 Å². The third-order valence-electron chi connectivity index (χ3n) is 7.56. The fourth-order valence-electron chi connectivity index (χ4n) is 4.76. The number of carbonyl (C=O) groups excluding carboxylic acids is 2. The molecular formula is C38H57NO16S. The maximum absolute atomic E-state index is 12.3. The molecule has 2 aromatic rings. The molecule has 2 aromatic carbocycles. The highest BCUT2D eigenvalue weighted by molar-refractivity contribution is 7.86. The van der Waals surface area contributed by atoms with Gasteiger partial charge in [-0.25, -0.2) is 0 Å². The maximum atomic E-state index is 12.3. The maximum Gasteiger partial charge on any atom is 0.297 e. The largest absolute Gasteiger partial charge is 0.377 e. The Bertz CT molecular complexity index is 1380. The van der Waals surface area contributed by atoms with Crippen LogP contribution in [0, 0.1) is 0 Å². The summed E-state index contributed by atoms with van der Waals surface area (Å²) in [5.74, 6) is -0.570. The quantitative estimate of drug-likeness (QED) is 0.0544. The van der Waals surface area contributed by atoms with E-state index in [2.05, 4.69) is 0 Å². The third-order valence-corrected chi connectivity index (χ3v) is 8.88. The van der Waals surface area contributed by atoms with Crippen LogP contribution in [0.15, 0.2) is 59.5 Å². The summed E-state index contributed by atoms with van der Waals surface area (Å²) < 4.78 is 88.9. The Morgan fingerprint density at radius 2 is 0.625 bits per heavy atom. The molecule has 3 rings (SSSR count). The van der Waals surface area contributed by atoms with Gasteiger partial charge in [0.2, 0.25) is 0 Å². The highest BCUT2D eigenvalue weighted by Crippen LogP contribution is 2.21. The number of hydrogen-bond acceptors (Lipinski definition) is 16. The Hall–Kier alpha value is -2.95. The fraction of sp³-hybridized carbons (Fsp3) is 0.632. The molecule has 0 saturated carbocycles. The molecule has 0 unspecified atom stereocenters. The van der Waals surface area contributed by atoms with Gasteiger partial charge in [0.1, 0.15) is 0 Å². The lowest BCUT2D eigenvalue weighted by Gasteiger charge is -2.13. The van der Waals surface area contributed by atoms with Crippen LogP contribution in [0.1, 0.15) is 20.7 Å². The van der Waals surface area contributed by atoms with Gasteiger partial charge in [0.05, 0.1) is 175 Å². The molecular weight excluding hydrogens is 758 g/mol. The molecule has 17 nitrogen and oxygen atoms in total. The molecule has 56 heavy (non-hydrogen) atoms. The second-order valence-electron chi connectivity index (χ2n) is 11.6. The molecule has 1 aliphatic rings. The molecule has 0 aromatic heterocycles. The molecule has 1 heterocycles. The first-order chi connectivity index (χ1) is 27.5. The van der Waals surface area contributed by atoms with E-state index in [0.29, 0.717) is 143 Å². The summed E-state index contributed by atoms with van der Waals surface area (Å²) >= 11 is 0. The van der Waals surface area contributed by atoms with Gasteiger partial charge in [-0.1, -0.05) is 30.3 Å². The van der Waals surface area contributed by atoms with Gasteiger partial charge in [0, 0.05) is 0 Å². The number of benzene rings is 2. The van der Waals surface area contributed by atoms with Gasteiger partial charge < -0.3 is 52.1 Å². The van der Waals surface area contributed by atoms with Crippen LogP contribution < -0.4 is 0 Å². The van der Waals surface area contributed by atoms with Gasteiger partial charge in [0.15, 0.2) is 0 Å². The van der Waals surface area contributed by atoms with Crippen molar-refractivity contribution in [3.63, 3.8) is 0 Å². The third kappa shape index (κ3) is 21.0. The SMILES string of the molecule is O=C1c2ccccc2C(=O)N1CCOCCOCCOCCOCCOCCOCCOCCOCCOCCOCCOCCOS(=O)(=O)c1ccccc1. The molecule has 0 N–H and O–H groups in total. The van der Waals surface area contributed by atoms with Crippen molar-refractivity contribution in [1.82, 2.24) is 4.90 Å². The molecule has 316 valence electrons. The first kappa shape index (κ1) is 47.4. The Labute approximate surface area is 329 Å². The zero-order valence-corrected chi connectivity index (χ0v) is 32.9. The van der Waals surface area contributed by atoms with Gasteiger partial charge in [0.25, 0.3) is 21.9 Å². The van der Waals surface area contributed by atoms with Crippen LogP contribution in [-0.4, -0.2) is 184 Å². The first-order valence-corrected chi connectivity index (χ1v) is 20.2. The van der Waals surface area contributed by atoms with Crippen molar-refractivity contribution in [3.05, 3.63) is 65.7 Å². The van der Waals surface area contributed by atoms with Gasteiger partial charge in [-0.15, -0.1) is 0 Å². The summed E-state index contributed by atoms with van der Waals surface area (Å²) in [6.07, 6.45) is 0. The fourth-order valence-corrected chi connectivity index (χ4v) is 5.67. The van der Waals surface area contributed by atoms with Crippen molar-refractivity contribution in [3.8, 4) is 0 Å². The van der Waals surface area contributed by atoms with Crippen molar-refractivity contribution in [2.75, 3.05) is 159 Å². The molecule has 0 spiro atoms. The second-order valence-corrected chi connectivity index (χ2v) is 13.2. The van der Waals surface area contributed by atoms with Crippen molar-refractivity contribution in [2.45, 2.75) is 4.90 Å². The monoisotopic (exact) mass is 815 g/mol. The van der Waals surface area contributed by atoms with E-state index < -0.39 is 10.1 Å². The van der Waals surface area contributed by atoms with E-state index in [9.17, 15) is 18.0 Å². The smallest absolute Gasteiger partial charge is 0.297 e. The highest BCUT2D eigenvalue weighted by atomic mass is 32.2. The molecule has 0 fully saturated rings. The van der Waals surface area contributed by atoms with Crippen LogP contribution in [0.4, 0.5) is 0 Å². The second kappa shape index (κ2) is 31.1. The van der Waals surface area contributed by atoms with Crippen LogP contribution in [0.25, 0.3) is 0 Å². The van der Waals surface area contributed by atoms with Gasteiger partial charge >= 0.3 is 0 Å². The summed E-state index contributed by atoms with van der Waals surface area (Å²) in [6.45, 7) is 9.12. The first-order valence-electron chi connectivity index (χ1n) is 18.8. The van der Waals surface area contributed by atoms with Crippen LogP contribution in [0.5, 0.6) is 0 Å². The normalized spacial score (nSPS) is 12.9. The van der Waals surface area contributed by atoms with Crippen LogP contribution in [0.2, 0.25) is 0 Å². The van der Waals surface area contributed by atoms with Crippen molar-refractivity contribution < 1.29 is 74.3 Å². The molecule has 0 bridgehead atoms. The Morgan fingerprint density at radius 3 is 0.946 bits per heavy atom. The van der Waals surface area contributed by atoms with Gasteiger partial charge in [-0.2, -0.15) is 8.42 Å². The number of fused-ring (bicyclic) bond motifs is 1. The number of rotatable bonds is 38. The predicted molar refractivity (Wildman–Crippen MR) is 200 cm³/mol.